The van der Waals surface area contributed by atoms with Crippen molar-refractivity contribution in [3.63, 3.8) is 0 Å². The first-order valence-electron chi connectivity index (χ1n) is 4.19. The molecule has 1 heteroatoms. The van der Waals surface area contributed by atoms with Crippen molar-refractivity contribution < 1.29 is 0 Å². The van der Waals surface area contributed by atoms with Gasteiger partial charge in [0.25, 0.3) is 0 Å². The summed E-state index contributed by atoms with van der Waals surface area (Å²) in [6, 6.07) is 6.11. The van der Waals surface area contributed by atoms with Gasteiger partial charge in [0, 0.05) is 11.1 Å². The summed E-state index contributed by atoms with van der Waals surface area (Å²) >= 11 is 0. The Morgan fingerprint density at radius 2 is 2.00 bits per heavy atom. The molecule has 2 rings (SSSR count). The van der Waals surface area contributed by atoms with E-state index in [0.29, 0.717) is 0 Å². The highest BCUT2D eigenvalue weighted by atomic mass is 14.5. The number of rotatable bonds is 0. The molecule has 0 unspecified atom stereocenters. The van der Waals surface area contributed by atoms with Crippen LogP contribution in [0.2, 0.25) is 0 Å². The Kier molecular flexibility index (Phi) is 1.31. The Balaban J connectivity index is 2.62. The van der Waals surface area contributed by atoms with Gasteiger partial charge in [0.1, 0.15) is 0 Å². The second kappa shape index (κ2) is 2.13. The van der Waals surface area contributed by atoms with Gasteiger partial charge in [-0.3, -0.25) is 0 Å². The number of allylic oxidation sites excluding steroid dienone is 1. The molecule has 0 aliphatic heterocycles. The fourth-order valence-electron chi connectivity index (χ4n) is 1.69. The van der Waals surface area contributed by atoms with Crippen LogP contribution in [0.15, 0.2) is 24.3 Å². The second-order valence-electron chi connectivity index (χ2n) is 3.90. The van der Waals surface area contributed by atoms with E-state index in [9.17, 15) is 0 Å². The summed E-state index contributed by atoms with van der Waals surface area (Å²) in [4.78, 5) is 0. The maximum Gasteiger partial charge on any atom is 0.0320 e. The lowest BCUT2D eigenvalue weighted by molar-refractivity contribution is 0.683. The average molecular weight is 159 g/mol. The van der Waals surface area contributed by atoms with Crippen molar-refractivity contribution in [2.24, 2.45) is 0 Å². The van der Waals surface area contributed by atoms with E-state index in [0.717, 1.165) is 5.69 Å². The molecule has 0 atom stereocenters. The zero-order chi connectivity index (χ0) is 8.77. The lowest BCUT2D eigenvalue weighted by Crippen LogP contribution is -2.10. The molecule has 0 heterocycles. The Morgan fingerprint density at radius 3 is 2.75 bits per heavy atom. The van der Waals surface area contributed by atoms with Crippen LogP contribution in [-0.4, -0.2) is 0 Å². The van der Waals surface area contributed by atoms with Gasteiger partial charge in [0.15, 0.2) is 0 Å². The first kappa shape index (κ1) is 7.41. The Hall–Kier alpha value is -1.24. The number of benzene rings is 1. The highest BCUT2D eigenvalue weighted by molar-refractivity contribution is 5.67. The van der Waals surface area contributed by atoms with Crippen molar-refractivity contribution in [1.82, 2.24) is 0 Å². The molecular formula is C11H13N. The van der Waals surface area contributed by atoms with E-state index in [-0.39, 0.29) is 5.41 Å². The zero-order valence-electron chi connectivity index (χ0n) is 7.46. The lowest BCUT2D eigenvalue weighted by atomic mass is 9.87. The SMILES string of the molecule is CC1(C)C=Cc2cc(N)ccc21. The average Bonchev–Trinajstić information content (AvgIpc) is 2.27. The Bertz CT molecular complexity index is 348. The molecule has 0 radical (unpaired) electrons. The van der Waals surface area contributed by atoms with E-state index < -0.39 is 0 Å². The molecular weight excluding hydrogens is 146 g/mol. The molecule has 1 aliphatic carbocycles. The van der Waals surface area contributed by atoms with E-state index in [1.54, 1.807) is 0 Å². The van der Waals surface area contributed by atoms with Gasteiger partial charge in [-0.15, -0.1) is 0 Å². The van der Waals surface area contributed by atoms with Crippen LogP contribution in [0.1, 0.15) is 25.0 Å². The summed E-state index contributed by atoms with van der Waals surface area (Å²) in [5, 5.41) is 0. The summed E-state index contributed by atoms with van der Waals surface area (Å²) in [5.41, 5.74) is 9.35. The van der Waals surface area contributed by atoms with E-state index in [1.807, 2.05) is 12.1 Å². The standard InChI is InChI=1S/C11H13N/c1-11(2)6-5-8-7-9(12)3-4-10(8)11/h3-7H,12H2,1-2H3. The molecule has 1 aromatic carbocycles. The van der Waals surface area contributed by atoms with Crippen LogP contribution in [0.4, 0.5) is 5.69 Å². The molecule has 0 saturated carbocycles. The van der Waals surface area contributed by atoms with Crippen molar-refractivity contribution in [2.45, 2.75) is 19.3 Å². The summed E-state index contributed by atoms with van der Waals surface area (Å²) < 4.78 is 0. The molecule has 12 heavy (non-hydrogen) atoms. The summed E-state index contributed by atoms with van der Waals surface area (Å²) in [6.07, 6.45) is 4.36. The third kappa shape index (κ3) is 0.934. The minimum atomic E-state index is 0.184. The molecule has 2 N–H and O–H groups in total. The van der Waals surface area contributed by atoms with Crippen LogP contribution >= 0.6 is 0 Å². The molecule has 1 aromatic rings. The van der Waals surface area contributed by atoms with Crippen molar-refractivity contribution in [2.75, 3.05) is 5.73 Å². The van der Waals surface area contributed by atoms with Gasteiger partial charge in [-0.25, -0.2) is 0 Å². The molecule has 1 aliphatic rings. The number of nitrogens with two attached hydrogens (primary N) is 1. The van der Waals surface area contributed by atoms with Gasteiger partial charge < -0.3 is 5.73 Å². The fourth-order valence-corrected chi connectivity index (χ4v) is 1.69. The number of hydrogen-bond acceptors (Lipinski definition) is 1. The van der Waals surface area contributed by atoms with Gasteiger partial charge in [0.05, 0.1) is 0 Å². The van der Waals surface area contributed by atoms with E-state index in [2.05, 4.69) is 32.1 Å². The minimum absolute atomic E-state index is 0.184. The van der Waals surface area contributed by atoms with E-state index in [4.69, 9.17) is 5.73 Å². The number of anilines is 1. The number of nitrogen functional groups attached to an aromatic ring is 1. The number of hydrogen-bond donors (Lipinski definition) is 1. The highest BCUT2D eigenvalue weighted by Crippen LogP contribution is 2.35. The quantitative estimate of drug-likeness (QED) is 0.578. The van der Waals surface area contributed by atoms with Gasteiger partial charge in [-0.05, 0) is 23.3 Å². The van der Waals surface area contributed by atoms with E-state index in [1.165, 1.54) is 11.1 Å². The summed E-state index contributed by atoms with van der Waals surface area (Å²) in [5.74, 6) is 0. The number of fused-ring (bicyclic) bond motifs is 1. The third-order valence-corrected chi connectivity index (χ3v) is 2.45. The molecule has 0 aromatic heterocycles. The molecule has 0 fully saturated rings. The Labute approximate surface area is 72.9 Å². The lowest BCUT2D eigenvalue weighted by Gasteiger charge is -2.17. The van der Waals surface area contributed by atoms with Gasteiger partial charge in [-0.1, -0.05) is 32.1 Å². The predicted octanol–water partition coefficient (Wildman–Crippen LogP) is 2.57. The fraction of sp³-hybridized carbons (Fsp3) is 0.273. The van der Waals surface area contributed by atoms with Crippen LogP contribution in [0.25, 0.3) is 6.08 Å². The summed E-state index contributed by atoms with van der Waals surface area (Å²) in [7, 11) is 0. The monoisotopic (exact) mass is 159 g/mol. The first-order chi connectivity index (χ1) is 5.59. The van der Waals surface area contributed by atoms with Crippen molar-refractivity contribution in [3.05, 3.63) is 35.4 Å². The molecule has 0 bridgehead atoms. The van der Waals surface area contributed by atoms with Gasteiger partial charge >= 0.3 is 0 Å². The first-order valence-corrected chi connectivity index (χ1v) is 4.19. The van der Waals surface area contributed by atoms with E-state index >= 15 is 0 Å². The smallest absolute Gasteiger partial charge is 0.0320 e. The van der Waals surface area contributed by atoms with Crippen molar-refractivity contribution in [3.8, 4) is 0 Å². The largest absolute Gasteiger partial charge is 0.399 e. The van der Waals surface area contributed by atoms with Crippen LogP contribution in [0.3, 0.4) is 0 Å². The minimum Gasteiger partial charge on any atom is -0.399 e. The van der Waals surface area contributed by atoms with Gasteiger partial charge in [0.2, 0.25) is 0 Å². The molecule has 0 amide bonds. The maximum atomic E-state index is 5.69. The molecule has 0 spiro atoms. The molecule has 0 saturated heterocycles. The van der Waals surface area contributed by atoms with Crippen LogP contribution < -0.4 is 5.73 Å². The molecule has 1 nitrogen and oxygen atoms in total. The molecule has 62 valence electrons. The normalized spacial score (nSPS) is 17.8. The topological polar surface area (TPSA) is 26.0 Å². The summed E-state index contributed by atoms with van der Waals surface area (Å²) in [6.45, 7) is 4.43. The zero-order valence-corrected chi connectivity index (χ0v) is 7.46. The maximum absolute atomic E-state index is 5.69. The second-order valence-corrected chi connectivity index (χ2v) is 3.90. The van der Waals surface area contributed by atoms with Crippen molar-refractivity contribution in [1.29, 1.82) is 0 Å². The third-order valence-electron chi connectivity index (χ3n) is 2.45. The predicted molar refractivity (Wildman–Crippen MR) is 52.9 cm³/mol. The van der Waals surface area contributed by atoms with Crippen LogP contribution in [0.5, 0.6) is 0 Å². The highest BCUT2D eigenvalue weighted by Gasteiger charge is 2.23. The van der Waals surface area contributed by atoms with Crippen LogP contribution in [0, 0.1) is 0 Å². The van der Waals surface area contributed by atoms with Crippen LogP contribution in [-0.2, 0) is 5.41 Å². The van der Waals surface area contributed by atoms with Gasteiger partial charge in [-0.2, -0.15) is 0 Å². The van der Waals surface area contributed by atoms with Crippen molar-refractivity contribution >= 4 is 11.8 Å². The Morgan fingerprint density at radius 1 is 1.25 bits per heavy atom.